The van der Waals surface area contributed by atoms with Crippen LogP contribution in [-0.4, -0.2) is 41.5 Å². The standard InChI is InChI=1S/C10H20BNO2.C2HF3O2/c1-6-7-8(12)11-13-9(2,3)10(4,5)14-11;3-2(4,5)1(6)7/h6,8H,1,7,12H2,2-5H3;(H,6,7). The molecule has 1 rings (SSSR count). The lowest BCUT2D eigenvalue weighted by Crippen LogP contribution is -2.41. The summed E-state index contributed by atoms with van der Waals surface area (Å²) in [5.74, 6) is -2.89. The molecule has 1 heterocycles. The van der Waals surface area contributed by atoms with E-state index in [0.29, 0.717) is 6.42 Å². The number of aliphatic carboxylic acids is 1. The Morgan fingerprint density at radius 2 is 1.67 bits per heavy atom. The maximum absolute atomic E-state index is 10.6. The summed E-state index contributed by atoms with van der Waals surface area (Å²) in [6, 6.07) is 0. The number of carboxylic acid groups (broad SMARTS) is 1. The zero-order chi connectivity index (χ0) is 17.1. The van der Waals surface area contributed by atoms with Crippen molar-refractivity contribution in [3.63, 3.8) is 0 Å². The van der Waals surface area contributed by atoms with Gasteiger partial charge in [-0.15, -0.1) is 6.58 Å². The highest BCUT2D eigenvalue weighted by atomic mass is 19.4. The van der Waals surface area contributed by atoms with Crippen molar-refractivity contribution in [2.75, 3.05) is 0 Å². The van der Waals surface area contributed by atoms with Gasteiger partial charge < -0.3 is 20.1 Å². The maximum Gasteiger partial charge on any atom is 0.490 e. The molecular formula is C12H21BF3NO4. The van der Waals surface area contributed by atoms with Crippen LogP contribution in [0.25, 0.3) is 0 Å². The van der Waals surface area contributed by atoms with Crippen LogP contribution in [0.2, 0.25) is 0 Å². The van der Waals surface area contributed by atoms with Gasteiger partial charge in [-0.25, -0.2) is 4.79 Å². The van der Waals surface area contributed by atoms with Crippen LogP contribution < -0.4 is 5.73 Å². The molecule has 21 heavy (non-hydrogen) atoms. The highest BCUT2D eigenvalue weighted by Gasteiger charge is 2.52. The van der Waals surface area contributed by atoms with E-state index in [1.165, 1.54) is 0 Å². The van der Waals surface area contributed by atoms with E-state index in [9.17, 15) is 13.2 Å². The lowest BCUT2D eigenvalue weighted by molar-refractivity contribution is -0.192. The van der Waals surface area contributed by atoms with Gasteiger partial charge in [0.1, 0.15) is 0 Å². The summed E-state index contributed by atoms with van der Waals surface area (Å²) in [4.78, 5) is 8.90. The van der Waals surface area contributed by atoms with Gasteiger partial charge in [0.2, 0.25) is 0 Å². The zero-order valence-electron chi connectivity index (χ0n) is 12.5. The molecule has 0 radical (unpaired) electrons. The van der Waals surface area contributed by atoms with Crippen LogP contribution in [0.15, 0.2) is 12.7 Å². The molecule has 0 spiro atoms. The van der Waals surface area contributed by atoms with E-state index in [0.717, 1.165) is 0 Å². The Kier molecular flexibility index (Phi) is 6.46. The average Bonchev–Trinajstić information content (AvgIpc) is 2.48. The number of rotatable bonds is 3. The van der Waals surface area contributed by atoms with Crippen molar-refractivity contribution in [2.45, 2.75) is 57.4 Å². The average molecular weight is 311 g/mol. The summed E-state index contributed by atoms with van der Waals surface area (Å²) in [7, 11) is -0.321. The SMILES string of the molecule is C=CCC(N)B1OC(C)(C)C(C)(C)O1.O=C(O)C(F)(F)F. The van der Waals surface area contributed by atoms with Gasteiger partial charge in [-0.3, -0.25) is 0 Å². The molecular weight excluding hydrogens is 290 g/mol. The molecule has 0 aromatic heterocycles. The smallest absolute Gasteiger partial charge is 0.475 e. The summed E-state index contributed by atoms with van der Waals surface area (Å²) in [6.45, 7) is 11.7. The number of hydrogen-bond donors (Lipinski definition) is 2. The second kappa shape index (κ2) is 6.80. The van der Waals surface area contributed by atoms with Crippen molar-refractivity contribution in [3.05, 3.63) is 12.7 Å². The number of hydrogen-bond acceptors (Lipinski definition) is 4. The first-order valence-electron chi connectivity index (χ1n) is 6.27. The van der Waals surface area contributed by atoms with Crippen molar-refractivity contribution in [1.82, 2.24) is 0 Å². The van der Waals surface area contributed by atoms with Crippen LogP contribution in [0.3, 0.4) is 0 Å². The Morgan fingerprint density at radius 3 is 1.90 bits per heavy atom. The van der Waals surface area contributed by atoms with E-state index >= 15 is 0 Å². The molecule has 1 atom stereocenters. The third-order valence-electron chi connectivity index (χ3n) is 3.30. The van der Waals surface area contributed by atoms with Crippen molar-refractivity contribution in [2.24, 2.45) is 5.73 Å². The lowest BCUT2D eigenvalue weighted by Gasteiger charge is -2.32. The second-order valence-corrected chi connectivity index (χ2v) is 5.62. The Hall–Kier alpha value is -1.06. The first kappa shape index (κ1) is 19.9. The van der Waals surface area contributed by atoms with E-state index < -0.39 is 12.1 Å². The number of carboxylic acids is 1. The van der Waals surface area contributed by atoms with Crippen LogP contribution in [0.5, 0.6) is 0 Å². The molecule has 5 nitrogen and oxygen atoms in total. The van der Waals surface area contributed by atoms with Gasteiger partial charge in [-0.1, -0.05) is 6.08 Å². The topological polar surface area (TPSA) is 81.8 Å². The van der Waals surface area contributed by atoms with Gasteiger partial charge in [-0.2, -0.15) is 13.2 Å². The van der Waals surface area contributed by atoms with Gasteiger partial charge in [0.15, 0.2) is 0 Å². The first-order chi connectivity index (χ1) is 9.24. The fourth-order valence-corrected chi connectivity index (χ4v) is 1.37. The predicted molar refractivity (Wildman–Crippen MR) is 72.6 cm³/mol. The minimum Gasteiger partial charge on any atom is -0.475 e. The molecule has 0 amide bonds. The maximum atomic E-state index is 10.6. The first-order valence-corrected chi connectivity index (χ1v) is 6.27. The molecule has 122 valence electrons. The van der Waals surface area contributed by atoms with E-state index in [4.69, 9.17) is 24.9 Å². The van der Waals surface area contributed by atoms with E-state index in [2.05, 4.69) is 6.58 Å². The number of carbonyl (C=O) groups is 1. The molecule has 0 aromatic rings. The van der Waals surface area contributed by atoms with Crippen molar-refractivity contribution >= 4 is 13.1 Å². The van der Waals surface area contributed by atoms with Gasteiger partial charge >= 0.3 is 19.3 Å². The molecule has 1 saturated heterocycles. The fraction of sp³-hybridized carbons (Fsp3) is 0.750. The highest BCUT2D eigenvalue weighted by molar-refractivity contribution is 6.47. The van der Waals surface area contributed by atoms with E-state index in [-0.39, 0.29) is 24.3 Å². The second-order valence-electron chi connectivity index (χ2n) is 5.62. The monoisotopic (exact) mass is 311 g/mol. The molecule has 1 unspecified atom stereocenters. The molecule has 1 aliphatic rings. The molecule has 0 aliphatic carbocycles. The third-order valence-corrected chi connectivity index (χ3v) is 3.30. The molecule has 0 aromatic carbocycles. The molecule has 1 aliphatic heterocycles. The Morgan fingerprint density at radius 1 is 1.33 bits per heavy atom. The van der Waals surface area contributed by atoms with Crippen molar-refractivity contribution < 1.29 is 32.4 Å². The molecule has 0 bridgehead atoms. The molecule has 0 saturated carbocycles. The quantitative estimate of drug-likeness (QED) is 0.616. The lowest BCUT2D eigenvalue weighted by atomic mass is 9.77. The Labute approximate surface area is 122 Å². The zero-order valence-corrected chi connectivity index (χ0v) is 12.5. The van der Waals surface area contributed by atoms with Crippen LogP contribution >= 0.6 is 0 Å². The summed E-state index contributed by atoms with van der Waals surface area (Å²) in [6.07, 6.45) is -2.59. The Bertz CT molecular complexity index is 369. The van der Waals surface area contributed by atoms with Crippen LogP contribution in [0.1, 0.15) is 34.1 Å². The normalized spacial score (nSPS) is 21.2. The minimum atomic E-state index is -5.08. The molecule has 1 fully saturated rings. The summed E-state index contributed by atoms with van der Waals surface area (Å²) >= 11 is 0. The number of halogens is 3. The van der Waals surface area contributed by atoms with Crippen molar-refractivity contribution in [3.8, 4) is 0 Å². The predicted octanol–water partition coefficient (Wildman–Crippen LogP) is 2.15. The summed E-state index contributed by atoms with van der Waals surface area (Å²) in [5, 5.41) is 7.12. The largest absolute Gasteiger partial charge is 0.490 e. The van der Waals surface area contributed by atoms with E-state index in [1.54, 1.807) is 6.08 Å². The number of alkyl halides is 3. The summed E-state index contributed by atoms with van der Waals surface area (Å²) in [5.41, 5.74) is 5.32. The fourth-order valence-electron chi connectivity index (χ4n) is 1.37. The van der Waals surface area contributed by atoms with Gasteiger partial charge in [0, 0.05) is 5.94 Å². The van der Waals surface area contributed by atoms with Gasteiger partial charge in [0.25, 0.3) is 0 Å². The summed E-state index contributed by atoms with van der Waals surface area (Å²) < 4.78 is 43.3. The third kappa shape index (κ3) is 5.68. The minimum absolute atomic E-state index is 0.131. The molecule has 3 N–H and O–H groups in total. The van der Waals surface area contributed by atoms with Crippen LogP contribution in [0, 0.1) is 0 Å². The molecule has 9 heteroatoms. The van der Waals surface area contributed by atoms with Gasteiger partial charge in [0.05, 0.1) is 11.2 Å². The van der Waals surface area contributed by atoms with Gasteiger partial charge in [-0.05, 0) is 34.1 Å². The van der Waals surface area contributed by atoms with E-state index in [1.807, 2.05) is 27.7 Å². The van der Waals surface area contributed by atoms with Crippen LogP contribution in [-0.2, 0) is 14.1 Å². The number of nitrogens with two attached hydrogens (primary N) is 1. The highest BCUT2D eigenvalue weighted by Crippen LogP contribution is 2.37. The van der Waals surface area contributed by atoms with Crippen molar-refractivity contribution in [1.29, 1.82) is 0 Å². The Balaban J connectivity index is 0.000000486. The van der Waals surface area contributed by atoms with Crippen LogP contribution in [0.4, 0.5) is 13.2 Å².